The van der Waals surface area contributed by atoms with Crippen molar-refractivity contribution in [2.45, 2.75) is 78.4 Å². The Morgan fingerprint density at radius 2 is 1.66 bits per heavy atom. The summed E-state index contributed by atoms with van der Waals surface area (Å²) in [4.78, 5) is 28.3. The Balaban J connectivity index is 2.27. The number of benzene rings is 2. The zero-order valence-corrected chi connectivity index (χ0v) is 25.4. The Hall–Kier alpha value is -2.29. The molecule has 210 valence electrons. The highest BCUT2D eigenvalue weighted by atomic mass is 35.5. The SMILES string of the molecule is CCc1ccc(N(CCCC(=O)N(Cc2ccc(Cl)cc2Cl)C(CC)C(=O)NC(C)(C)C)S(C)(=O)=O)cc1. The van der Waals surface area contributed by atoms with Crippen LogP contribution in [0.1, 0.15) is 65.0 Å². The van der Waals surface area contributed by atoms with Crippen molar-refractivity contribution in [1.29, 1.82) is 0 Å². The molecule has 0 aliphatic rings. The first kappa shape index (κ1) is 31.9. The number of aryl methyl sites for hydroxylation is 1. The van der Waals surface area contributed by atoms with Crippen LogP contribution in [0.4, 0.5) is 5.69 Å². The van der Waals surface area contributed by atoms with Gasteiger partial charge in [-0.3, -0.25) is 13.9 Å². The largest absolute Gasteiger partial charge is 0.350 e. The molecule has 2 aromatic carbocycles. The third-order valence-corrected chi connectivity index (χ3v) is 7.81. The van der Waals surface area contributed by atoms with Crippen LogP contribution in [0.25, 0.3) is 0 Å². The molecule has 0 spiro atoms. The highest BCUT2D eigenvalue weighted by Crippen LogP contribution is 2.25. The second-order valence-electron chi connectivity index (χ2n) is 10.4. The topological polar surface area (TPSA) is 86.8 Å². The summed E-state index contributed by atoms with van der Waals surface area (Å²) in [5.41, 5.74) is 1.85. The van der Waals surface area contributed by atoms with E-state index in [0.29, 0.717) is 27.7 Å². The normalized spacial score (nSPS) is 12.6. The van der Waals surface area contributed by atoms with Crippen molar-refractivity contribution in [1.82, 2.24) is 10.2 Å². The van der Waals surface area contributed by atoms with Crippen LogP contribution < -0.4 is 9.62 Å². The Labute approximate surface area is 237 Å². The molecule has 2 aromatic rings. The van der Waals surface area contributed by atoms with Gasteiger partial charge in [0.1, 0.15) is 6.04 Å². The number of carbonyl (C=O) groups is 2. The van der Waals surface area contributed by atoms with Crippen molar-refractivity contribution in [2.75, 3.05) is 17.1 Å². The van der Waals surface area contributed by atoms with Crippen molar-refractivity contribution < 1.29 is 18.0 Å². The van der Waals surface area contributed by atoms with E-state index >= 15 is 0 Å². The van der Waals surface area contributed by atoms with E-state index < -0.39 is 21.6 Å². The summed E-state index contributed by atoms with van der Waals surface area (Å²) in [5, 5.41) is 3.84. The summed E-state index contributed by atoms with van der Waals surface area (Å²) in [6.45, 7) is 9.78. The van der Waals surface area contributed by atoms with Crippen molar-refractivity contribution in [3.05, 3.63) is 63.6 Å². The lowest BCUT2D eigenvalue weighted by Gasteiger charge is -2.33. The third-order valence-electron chi connectivity index (χ3n) is 6.02. The van der Waals surface area contributed by atoms with Gasteiger partial charge in [0.15, 0.2) is 0 Å². The Bertz CT molecular complexity index is 1210. The molecule has 2 rings (SSSR count). The quantitative estimate of drug-likeness (QED) is 0.341. The van der Waals surface area contributed by atoms with Crippen LogP contribution in [0, 0.1) is 0 Å². The van der Waals surface area contributed by atoms with Gasteiger partial charge in [-0.2, -0.15) is 0 Å². The summed E-state index contributed by atoms with van der Waals surface area (Å²) < 4.78 is 26.4. The number of sulfonamides is 1. The molecule has 0 aliphatic heterocycles. The molecule has 0 aromatic heterocycles. The molecular weight excluding hydrogens is 545 g/mol. The minimum atomic E-state index is -3.55. The molecule has 10 heteroatoms. The van der Waals surface area contributed by atoms with Gasteiger partial charge in [-0.15, -0.1) is 0 Å². The maximum Gasteiger partial charge on any atom is 0.243 e. The maximum absolute atomic E-state index is 13.6. The van der Waals surface area contributed by atoms with Gasteiger partial charge in [-0.1, -0.05) is 55.2 Å². The lowest BCUT2D eigenvalue weighted by molar-refractivity contribution is -0.142. The monoisotopic (exact) mass is 583 g/mol. The van der Waals surface area contributed by atoms with Gasteiger partial charge in [-0.05, 0) is 75.4 Å². The van der Waals surface area contributed by atoms with Crippen LogP contribution in [-0.2, 0) is 32.6 Å². The van der Waals surface area contributed by atoms with Crippen LogP contribution >= 0.6 is 23.2 Å². The number of carbonyl (C=O) groups excluding carboxylic acids is 2. The summed E-state index contributed by atoms with van der Waals surface area (Å²) in [5.74, 6) is -0.520. The van der Waals surface area contributed by atoms with E-state index in [4.69, 9.17) is 23.2 Å². The highest BCUT2D eigenvalue weighted by Gasteiger charge is 2.31. The summed E-state index contributed by atoms with van der Waals surface area (Å²) in [6.07, 6.45) is 2.75. The molecule has 0 saturated heterocycles. The molecule has 1 atom stereocenters. The zero-order valence-electron chi connectivity index (χ0n) is 23.1. The molecule has 0 radical (unpaired) electrons. The van der Waals surface area contributed by atoms with Crippen LogP contribution in [0.15, 0.2) is 42.5 Å². The Morgan fingerprint density at radius 1 is 1.03 bits per heavy atom. The molecule has 0 heterocycles. The predicted octanol–water partition coefficient (Wildman–Crippen LogP) is 5.82. The van der Waals surface area contributed by atoms with E-state index in [1.165, 1.54) is 9.21 Å². The summed E-state index contributed by atoms with van der Waals surface area (Å²) in [6, 6.07) is 11.7. The number of amides is 2. The van der Waals surface area contributed by atoms with Crippen molar-refractivity contribution in [2.24, 2.45) is 0 Å². The van der Waals surface area contributed by atoms with Gasteiger partial charge in [0, 0.05) is 35.1 Å². The number of nitrogens with zero attached hydrogens (tertiary/aromatic N) is 2. The number of rotatable bonds is 12. The lowest BCUT2D eigenvalue weighted by atomic mass is 10.0. The lowest BCUT2D eigenvalue weighted by Crippen LogP contribution is -2.53. The number of anilines is 1. The number of hydrogen-bond acceptors (Lipinski definition) is 4. The fraction of sp³-hybridized carbons (Fsp3) is 0.500. The van der Waals surface area contributed by atoms with Crippen LogP contribution in [0.3, 0.4) is 0 Å². The van der Waals surface area contributed by atoms with Gasteiger partial charge in [0.25, 0.3) is 0 Å². The fourth-order valence-corrected chi connectivity index (χ4v) is 5.54. The molecular formula is C28H39Cl2N3O4S. The van der Waals surface area contributed by atoms with Gasteiger partial charge in [0.2, 0.25) is 21.8 Å². The number of hydrogen-bond donors (Lipinski definition) is 1. The van der Waals surface area contributed by atoms with Crippen LogP contribution in [0.5, 0.6) is 0 Å². The minimum Gasteiger partial charge on any atom is -0.350 e. The second-order valence-corrected chi connectivity index (χ2v) is 13.1. The van der Waals surface area contributed by atoms with Crippen molar-refractivity contribution in [3.8, 4) is 0 Å². The average molecular weight is 585 g/mol. The molecule has 0 saturated carbocycles. The molecule has 38 heavy (non-hydrogen) atoms. The third kappa shape index (κ3) is 9.47. The summed E-state index contributed by atoms with van der Waals surface area (Å²) in [7, 11) is -3.55. The van der Waals surface area contributed by atoms with E-state index in [1.54, 1.807) is 30.3 Å². The van der Waals surface area contributed by atoms with Crippen molar-refractivity contribution in [3.63, 3.8) is 0 Å². The zero-order chi connectivity index (χ0) is 28.7. The molecule has 1 N–H and O–H groups in total. The second kappa shape index (κ2) is 13.7. The highest BCUT2D eigenvalue weighted by molar-refractivity contribution is 7.92. The standard InChI is InChI=1S/C28H39Cl2N3O4S/c1-7-20-11-15-23(16-12-20)33(38(6,36)37)17-9-10-26(34)32(19-21-13-14-22(29)18-24(21)30)25(8-2)27(35)31-28(3,4)5/h11-16,18,25H,7-10,17,19H2,1-6H3,(H,31,35). The van der Waals surface area contributed by atoms with E-state index in [2.05, 4.69) is 5.32 Å². The van der Waals surface area contributed by atoms with Crippen molar-refractivity contribution >= 4 is 50.7 Å². The first-order chi connectivity index (χ1) is 17.7. The van der Waals surface area contributed by atoms with E-state index in [1.807, 2.05) is 46.8 Å². The molecule has 7 nitrogen and oxygen atoms in total. The average Bonchev–Trinajstić information content (AvgIpc) is 2.81. The van der Waals surface area contributed by atoms with Crippen LogP contribution in [-0.4, -0.2) is 49.5 Å². The first-order valence-electron chi connectivity index (χ1n) is 12.8. The minimum absolute atomic E-state index is 0.0591. The van der Waals surface area contributed by atoms with Gasteiger partial charge in [0.05, 0.1) is 11.9 Å². The molecule has 0 aliphatic carbocycles. The van der Waals surface area contributed by atoms with E-state index in [-0.39, 0.29) is 37.7 Å². The molecule has 0 fully saturated rings. The molecule has 0 bridgehead atoms. The first-order valence-corrected chi connectivity index (χ1v) is 15.4. The Kier molecular flexibility index (Phi) is 11.5. The number of halogens is 2. The smallest absolute Gasteiger partial charge is 0.243 e. The summed E-state index contributed by atoms with van der Waals surface area (Å²) >= 11 is 12.4. The van der Waals surface area contributed by atoms with E-state index in [0.717, 1.165) is 18.2 Å². The van der Waals surface area contributed by atoms with Gasteiger partial charge in [-0.25, -0.2) is 8.42 Å². The Morgan fingerprint density at radius 3 is 2.16 bits per heavy atom. The van der Waals surface area contributed by atoms with Gasteiger partial charge >= 0.3 is 0 Å². The predicted molar refractivity (Wildman–Crippen MR) is 156 cm³/mol. The fourth-order valence-electron chi connectivity index (χ4n) is 4.11. The molecule has 1 unspecified atom stereocenters. The van der Waals surface area contributed by atoms with E-state index in [9.17, 15) is 18.0 Å². The number of nitrogens with one attached hydrogen (secondary N) is 1. The molecule has 2 amide bonds. The van der Waals surface area contributed by atoms with Gasteiger partial charge < -0.3 is 10.2 Å². The van der Waals surface area contributed by atoms with Crippen LogP contribution in [0.2, 0.25) is 10.0 Å². The maximum atomic E-state index is 13.6.